The lowest BCUT2D eigenvalue weighted by molar-refractivity contribution is 0.0609. The zero-order valence-corrected chi connectivity index (χ0v) is 11.1. The molecule has 2 aromatic heterocycles. The fourth-order valence-corrected chi connectivity index (χ4v) is 2.25. The number of thiophene rings is 1. The van der Waals surface area contributed by atoms with Gasteiger partial charge in [0.05, 0.1) is 17.6 Å². The topological polar surface area (TPSA) is 84.6 Å². The number of hydrogen-bond acceptors (Lipinski definition) is 6. The predicted octanol–water partition coefficient (Wildman–Crippen LogP) is 1.14. The van der Waals surface area contributed by atoms with Crippen molar-refractivity contribution in [3.05, 3.63) is 29.6 Å². The van der Waals surface area contributed by atoms with Crippen LogP contribution in [0.2, 0.25) is 0 Å². The van der Waals surface area contributed by atoms with Gasteiger partial charge in [-0.15, -0.1) is 11.3 Å². The van der Waals surface area contributed by atoms with E-state index >= 15 is 0 Å². The van der Waals surface area contributed by atoms with E-state index in [0.29, 0.717) is 5.76 Å². The number of aliphatic hydroxyl groups is 1. The van der Waals surface area contributed by atoms with Crippen molar-refractivity contribution in [1.29, 1.82) is 0 Å². The van der Waals surface area contributed by atoms with E-state index in [4.69, 9.17) is 9.15 Å². The fraction of sp³-hybridized carbons (Fsp3) is 0.333. The van der Waals surface area contributed by atoms with Gasteiger partial charge in [0.1, 0.15) is 0 Å². The summed E-state index contributed by atoms with van der Waals surface area (Å²) in [4.78, 5) is 16.7. The van der Waals surface area contributed by atoms with Gasteiger partial charge in [-0.25, -0.2) is 4.98 Å². The van der Waals surface area contributed by atoms with E-state index in [1.54, 1.807) is 0 Å². The summed E-state index contributed by atoms with van der Waals surface area (Å²) in [6.07, 6.45) is 0.487. The molecule has 2 N–H and O–H groups in total. The molecule has 0 saturated carbocycles. The molecule has 0 fully saturated rings. The van der Waals surface area contributed by atoms with Gasteiger partial charge >= 0.3 is 0 Å². The summed E-state index contributed by atoms with van der Waals surface area (Å²) in [5, 5.41) is 13.9. The maximum absolute atomic E-state index is 11.9. The quantitative estimate of drug-likeness (QED) is 0.830. The average Bonchev–Trinajstić information content (AvgIpc) is 3.05. The van der Waals surface area contributed by atoms with Crippen molar-refractivity contribution in [1.82, 2.24) is 10.3 Å². The van der Waals surface area contributed by atoms with E-state index in [9.17, 15) is 9.90 Å². The highest BCUT2D eigenvalue weighted by Gasteiger charge is 2.19. The molecule has 2 heterocycles. The van der Waals surface area contributed by atoms with Gasteiger partial charge < -0.3 is 19.6 Å². The Kier molecular flexibility index (Phi) is 4.67. The first-order valence-corrected chi connectivity index (χ1v) is 6.53. The standard InChI is InChI=1S/C12H14N2O4S/c1-17-6-8(15)5-13-12(16)10-11(18-7-14-10)9-3-2-4-19-9/h2-4,7-8,15H,5-6H2,1H3,(H,13,16). The van der Waals surface area contributed by atoms with Gasteiger partial charge in [-0.3, -0.25) is 4.79 Å². The molecule has 0 aromatic carbocycles. The van der Waals surface area contributed by atoms with Crippen molar-refractivity contribution in [3.8, 4) is 10.6 Å². The highest BCUT2D eigenvalue weighted by Crippen LogP contribution is 2.27. The molecule has 7 heteroatoms. The van der Waals surface area contributed by atoms with Gasteiger partial charge in [-0.2, -0.15) is 0 Å². The number of aromatic nitrogens is 1. The number of amides is 1. The molecule has 6 nitrogen and oxygen atoms in total. The summed E-state index contributed by atoms with van der Waals surface area (Å²) in [6, 6.07) is 3.72. The Hall–Kier alpha value is -1.70. The second-order valence-corrected chi connectivity index (χ2v) is 4.77. The molecule has 0 bridgehead atoms. The number of hydrogen-bond donors (Lipinski definition) is 2. The van der Waals surface area contributed by atoms with Crippen LogP contribution in [0.3, 0.4) is 0 Å². The van der Waals surface area contributed by atoms with Gasteiger partial charge in [-0.05, 0) is 11.4 Å². The summed E-state index contributed by atoms with van der Waals surface area (Å²) in [5.41, 5.74) is 0.215. The number of nitrogens with zero attached hydrogens (tertiary/aromatic N) is 1. The van der Waals surface area contributed by atoms with Crippen LogP contribution in [0.25, 0.3) is 10.6 Å². The minimum atomic E-state index is -0.744. The van der Waals surface area contributed by atoms with Crippen LogP contribution < -0.4 is 5.32 Å². The molecule has 2 aromatic rings. The first kappa shape index (κ1) is 13.7. The van der Waals surface area contributed by atoms with Crippen LogP contribution in [0.15, 0.2) is 28.3 Å². The van der Waals surface area contributed by atoms with Crippen LogP contribution in [-0.4, -0.2) is 42.4 Å². The molecule has 1 amide bonds. The maximum Gasteiger partial charge on any atom is 0.274 e. The largest absolute Gasteiger partial charge is 0.442 e. The minimum Gasteiger partial charge on any atom is -0.442 e. The normalized spacial score (nSPS) is 12.3. The highest BCUT2D eigenvalue weighted by atomic mass is 32.1. The van der Waals surface area contributed by atoms with Crippen LogP contribution in [0.1, 0.15) is 10.5 Å². The Balaban J connectivity index is 2.02. The van der Waals surface area contributed by atoms with Gasteiger partial charge in [-0.1, -0.05) is 6.07 Å². The van der Waals surface area contributed by atoms with Crippen molar-refractivity contribution < 1.29 is 19.1 Å². The SMILES string of the molecule is COCC(O)CNC(=O)c1ncoc1-c1cccs1. The molecule has 2 rings (SSSR count). The summed E-state index contributed by atoms with van der Waals surface area (Å²) < 4.78 is 10.0. The Morgan fingerprint density at radius 2 is 2.53 bits per heavy atom. The molecule has 1 unspecified atom stereocenters. The highest BCUT2D eigenvalue weighted by molar-refractivity contribution is 7.13. The monoisotopic (exact) mass is 282 g/mol. The third-order valence-corrected chi connectivity index (χ3v) is 3.25. The van der Waals surface area contributed by atoms with Crippen LogP contribution in [0, 0.1) is 0 Å². The Labute approximate surface area is 114 Å². The Morgan fingerprint density at radius 1 is 1.68 bits per heavy atom. The summed E-state index contributed by atoms with van der Waals surface area (Å²) in [6.45, 7) is 0.264. The first-order chi connectivity index (χ1) is 9.22. The third-order valence-electron chi connectivity index (χ3n) is 2.38. The van der Waals surface area contributed by atoms with E-state index in [1.807, 2.05) is 17.5 Å². The molecule has 0 aliphatic rings. The van der Waals surface area contributed by atoms with Gasteiger partial charge in [0, 0.05) is 13.7 Å². The number of nitrogens with one attached hydrogen (secondary N) is 1. The number of ether oxygens (including phenoxy) is 1. The van der Waals surface area contributed by atoms with E-state index < -0.39 is 6.10 Å². The fourth-order valence-electron chi connectivity index (χ4n) is 1.54. The Morgan fingerprint density at radius 3 is 3.21 bits per heavy atom. The molecular weight excluding hydrogens is 268 g/mol. The average molecular weight is 282 g/mol. The van der Waals surface area contributed by atoms with Crippen molar-refractivity contribution in [2.75, 3.05) is 20.3 Å². The minimum absolute atomic E-state index is 0.101. The molecule has 19 heavy (non-hydrogen) atoms. The third kappa shape index (κ3) is 3.40. The van der Waals surface area contributed by atoms with Crippen molar-refractivity contribution in [3.63, 3.8) is 0 Å². The van der Waals surface area contributed by atoms with Crippen LogP contribution in [0.5, 0.6) is 0 Å². The van der Waals surface area contributed by atoms with Gasteiger partial charge in [0.15, 0.2) is 17.8 Å². The van der Waals surface area contributed by atoms with Crippen LogP contribution in [0.4, 0.5) is 0 Å². The predicted molar refractivity (Wildman–Crippen MR) is 70.0 cm³/mol. The summed E-state index contributed by atoms with van der Waals surface area (Å²) in [5.74, 6) is 0.0565. The molecule has 0 aliphatic carbocycles. The number of carbonyl (C=O) groups is 1. The molecule has 0 saturated heterocycles. The molecular formula is C12H14N2O4S. The molecule has 0 aliphatic heterocycles. The van der Waals surface area contributed by atoms with Crippen molar-refractivity contribution in [2.45, 2.75) is 6.10 Å². The number of rotatable bonds is 6. The number of carbonyl (C=O) groups excluding carboxylic acids is 1. The van der Waals surface area contributed by atoms with E-state index in [-0.39, 0.29) is 24.8 Å². The Bertz CT molecular complexity index is 524. The summed E-state index contributed by atoms with van der Waals surface area (Å²) in [7, 11) is 1.48. The van der Waals surface area contributed by atoms with Gasteiger partial charge in [0.25, 0.3) is 5.91 Å². The lowest BCUT2D eigenvalue weighted by Crippen LogP contribution is -2.34. The zero-order chi connectivity index (χ0) is 13.7. The van der Waals surface area contributed by atoms with Crippen molar-refractivity contribution in [2.24, 2.45) is 0 Å². The van der Waals surface area contributed by atoms with Gasteiger partial charge in [0.2, 0.25) is 0 Å². The smallest absolute Gasteiger partial charge is 0.274 e. The molecule has 0 spiro atoms. The number of aliphatic hydroxyl groups excluding tert-OH is 1. The number of oxazole rings is 1. The van der Waals surface area contributed by atoms with Crippen molar-refractivity contribution >= 4 is 17.2 Å². The van der Waals surface area contributed by atoms with Crippen LogP contribution in [-0.2, 0) is 4.74 Å². The lowest BCUT2D eigenvalue weighted by atomic mass is 10.2. The van der Waals surface area contributed by atoms with E-state index in [0.717, 1.165) is 4.88 Å². The van der Waals surface area contributed by atoms with E-state index in [1.165, 1.54) is 24.8 Å². The second kappa shape index (κ2) is 6.46. The lowest BCUT2D eigenvalue weighted by Gasteiger charge is -2.09. The summed E-state index contributed by atoms with van der Waals surface area (Å²) >= 11 is 1.46. The first-order valence-electron chi connectivity index (χ1n) is 5.65. The van der Waals surface area contributed by atoms with E-state index in [2.05, 4.69) is 10.3 Å². The second-order valence-electron chi connectivity index (χ2n) is 3.83. The molecule has 1 atom stereocenters. The molecule has 102 valence electrons. The maximum atomic E-state index is 11.9. The molecule has 0 radical (unpaired) electrons. The number of methoxy groups -OCH3 is 1. The van der Waals surface area contributed by atoms with Crippen LogP contribution >= 0.6 is 11.3 Å². The zero-order valence-electron chi connectivity index (χ0n) is 10.3.